The highest BCUT2D eigenvalue weighted by atomic mass is 79.9. The zero-order valence-electron chi connectivity index (χ0n) is 16.5. The molecule has 3 aromatic rings. The van der Waals surface area contributed by atoms with Crippen molar-refractivity contribution >= 4 is 33.2 Å². The summed E-state index contributed by atoms with van der Waals surface area (Å²) in [6.07, 6.45) is 0.393. The first-order chi connectivity index (χ1) is 14.5. The molecule has 4 nitrogen and oxygen atoms in total. The largest absolute Gasteiger partial charge is 0.504 e. The van der Waals surface area contributed by atoms with Gasteiger partial charge in [0.1, 0.15) is 6.17 Å². The van der Waals surface area contributed by atoms with E-state index < -0.39 is 0 Å². The molecule has 0 spiro atoms. The lowest BCUT2D eigenvalue weighted by Crippen LogP contribution is -2.33. The SMILES string of the molecule is CCOc1cccc([C@@H]2CC(c3ccc(Br)cc3)=N[C@H](c3ccc(Cl)cc3)N2)c1O. The van der Waals surface area contributed by atoms with Crippen LogP contribution in [0.1, 0.15) is 42.2 Å². The highest BCUT2D eigenvalue weighted by Crippen LogP contribution is 2.39. The van der Waals surface area contributed by atoms with Gasteiger partial charge in [-0.05, 0) is 48.4 Å². The lowest BCUT2D eigenvalue weighted by Gasteiger charge is -2.31. The van der Waals surface area contributed by atoms with Gasteiger partial charge in [0.15, 0.2) is 11.5 Å². The van der Waals surface area contributed by atoms with Crippen molar-refractivity contribution < 1.29 is 9.84 Å². The Kier molecular flexibility index (Phi) is 6.42. The summed E-state index contributed by atoms with van der Waals surface area (Å²) in [4.78, 5) is 4.98. The maximum atomic E-state index is 10.8. The normalized spacial score (nSPS) is 18.7. The van der Waals surface area contributed by atoms with Crippen LogP contribution >= 0.6 is 27.5 Å². The molecule has 0 saturated carbocycles. The van der Waals surface area contributed by atoms with Crippen molar-refractivity contribution in [3.05, 3.63) is 92.9 Å². The number of phenolic OH excluding ortho intramolecular Hbond substituents is 1. The first kappa shape index (κ1) is 20.9. The van der Waals surface area contributed by atoms with Crippen LogP contribution in [0.25, 0.3) is 0 Å². The van der Waals surface area contributed by atoms with Crippen LogP contribution in [0.3, 0.4) is 0 Å². The number of hydrogen-bond acceptors (Lipinski definition) is 4. The quantitative estimate of drug-likeness (QED) is 0.438. The molecule has 30 heavy (non-hydrogen) atoms. The van der Waals surface area contributed by atoms with Gasteiger partial charge in [-0.2, -0.15) is 0 Å². The van der Waals surface area contributed by atoms with Gasteiger partial charge in [-0.15, -0.1) is 0 Å². The average Bonchev–Trinajstić information content (AvgIpc) is 2.76. The Morgan fingerprint density at radius 1 is 1.10 bits per heavy atom. The number of ether oxygens (including phenoxy) is 1. The Bertz CT molecular complexity index is 1050. The van der Waals surface area contributed by atoms with E-state index in [9.17, 15) is 5.11 Å². The Hall–Kier alpha value is -2.34. The Labute approximate surface area is 189 Å². The molecule has 0 saturated heterocycles. The van der Waals surface area contributed by atoms with Gasteiger partial charge in [-0.3, -0.25) is 10.3 Å². The van der Waals surface area contributed by atoms with Gasteiger partial charge in [0, 0.05) is 33.2 Å². The van der Waals surface area contributed by atoms with Crippen molar-refractivity contribution in [2.45, 2.75) is 25.6 Å². The number of nitrogens with one attached hydrogen (secondary N) is 1. The maximum absolute atomic E-state index is 10.8. The second-order valence-electron chi connectivity index (χ2n) is 7.09. The molecule has 154 valence electrons. The number of phenols is 1. The fourth-order valence-corrected chi connectivity index (χ4v) is 4.02. The second-order valence-corrected chi connectivity index (χ2v) is 8.44. The Morgan fingerprint density at radius 3 is 2.53 bits per heavy atom. The van der Waals surface area contributed by atoms with Crippen LogP contribution < -0.4 is 10.1 Å². The summed E-state index contributed by atoms with van der Waals surface area (Å²) < 4.78 is 6.61. The number of halogens is 2. The molecule has 1 aliphatic heterocycles. The fourth-order valence-electron chi connectivity index (χ4n) is 3.63. The molecule has 0 aromatic heterocycles. The van der Waals surface area contributed by atoms with Crippen LogP contribution in [0.5, 0.6) is 11.5 Å². The smallest absolute Gasteiger partial charge is 0.162 e. The maximum Gasteiger partial charge on any atom is 0.162 e. The lowest BCUT2D eigenvalue weighted by atomic mass is 9.93. The van der Waals surface area contributed by atoms with Crippen LogP contribution in [0.4, 0.5) is 0 Å². The van der Waals surface area contributed by atoms with Gasteiger partial charge in [-0.25, -0.2) is 0 Å². The third-order valence-corrected chi connectivity index (χ3v) is 5.89. The molecule has 3 aromatic carbocycles. The monoisotopic (exact) mass is 484 g/mol. The molecule has 6 heteroatoms. The van der Waals surface area contributed by atoms with Gasteiger partial charge < -0.3 is 9.84 Å². The standard InChI is InChI=1S/C24H22BrClN2O2/c1-2-30-22-5-3-4-19(23(22)29)21-14-20(15-6-10-17(25)11-7-15)27-24(28-21)16-8-12-18(26)13-9-16/h3-13,21,24,28-29H,2,14H2,1H3/t21-,24-/m0/s1. The van der Waals surface area contributed by atoms with E-state index in [0.717, 1.165) is 26.9 Å². The summed E-state index contributed by atoms with van der Waals surface area (Å²) in [5.74, 6) is 0.663. The van der Waals surface area contributed by atoms with E-state index in [1.54, 1.807) is 6.07 Å². The van der Waals surface area contributed by atoms with Gasteiger partial charge >= 0.3 is 0 Å². The van der Waals surface area contributed by atoms with Gasteiger partial charge in [-0.1, -0.05) is 63.9 Å². The molecule has 0 amide bonds. The number of aromatic hydroxyl groups is 1. The Morgan fingerprint density at radius 2 is 1.83 bits per heavy atom. The van der Waals surface area contributed by atoms with Crippen LogP contribution in [-0.4, -0.2) is 17.4 Å². The summed E-state index contributed by atoms with van der Waals surface area (Å²) in [6, 6.07) is 21.3. The summed E-state index contributed by atoms with van der Waals surface area (Å²) in [6.45, 7) is 2.40. The Balaban J connectivity index is 1.74. The number of para-hydroxylation sites is 1. The van der Waals surface area contributed by atoms with Crippen LogP contribution in [0, 0.1) is 0 Å². The number of rotatable bonds is 5. The molecule has 1 aliphatic rings. The predicted octanol–water partition coefficient (Wildman–Crippen LogP) is 6.43. The number of aliphatic imine (C=N–C) groups is 1. The topological polar surface area (TPSA) is 53.8 Å². The van der Waals surface area contributed by atoms with Crippen molar-refractivity contribution in [3.8, 4) is 11.5 Å². The summed E-state index contributed by atoms with van der Waals surface area (Å²) >= 11 is 9.57. The second kappa shape index (κ2) is 9.21. The average molecular weight is 486 g/mol. The minimum atomic E-state index is -0.255. The van der Waals surface area contributed by atoms with Crippen LogP contribution in [0.15, 0.2) is 76.2 Å². The molecule has 1 heterocycles. The van der Waals surface area contributed by atoms with Crippen molar-refractivity contribution in [1.82, 2.24) is 5.32 Å². The third kappa shape index (κ3) is 4.53. The summed E-state index contributed by atoms with van der Waals surface area (Å²) in [7, 11) is 0. The van der Waals surface area contributed by atoms with Gasteiger partial charge in [0.25, 0.3) is 0 Å². The zero-order valence-corrected chi connectivity index (χ0v) is 18.8. The highest BCUT2D eigenvalue weighted by molar-refractivity contribution is 9.10. The lowest BCUT2D eigenvalue weighted by molar-refractivity contribution is 0.313. The molecular weight excluding hydrogens is 464 g/mol. The molecule has 2 atom stereocenters. The third-order valence-electron chi connectivity index (χ3n) is 5.11. The first-order valence-corrected chi connectivity index (χ1v) is 11.0. The van der Waals surface area contributed by atoms with Gasteiger partial charge in [0.05, 0.1) is 6.61 Å². The zero-order chi connectivity index (χ0) is 21.1. The number of nitrogens with zero attached hydrogens (tertiary/aromatic N) is 1. The van der Waals surface area contributed by atoms with Gasteiger partial charge in [0.2, 0.25) is 0 Å². The highest BCUT2D eigenvalue weighted by Gasteiger charge is 2.28. The predicted molar refractivity (Wildman–Crippen MR) is 125 cm³/mol. The van der Waals surface area contributed by atoms with Crippen molar-refractivity contribution in [1.29, 1.82) is 0 Å². The molecule has 4 rings (SSSR count). The molecular formula is C24H22BrClN2O2. The fraction of sp³-hybridized carbons (Fsp3) is 0.208. The van der Waals surface area contributed by atoms with Crippen molar-refractivity contribution in [3.63, 3.8) is 0 Å². The van der Waals surface area contributed by atoms with E-state index in [2.05, 4.69) is 33.4 Å². The molecule has 2 N–H and O–H groups in total. The van der Waals surface area contributed by atoms with E-state index in [0.29, 0.717) is 23.8 Å². The first-order valence-electron chi connectivity index (χ1n) is 9.84. The molecule has 0 unspecified atom stereocenters. The van der Waals surface area contributed by atoms with E-state index in [4.69, 9.17) is 21.3 Å². The van der Waals surface area contributed by atoms with E-state index >= 15 is 0 Å². The van der Waals surface area contributed by atoms with E-state index in [-0.39, 0.29) is 18.0 Å². The molecule has 0 radical (unpaired) electrons. The molecule has 0 bridgehead atoms. The summed E-state index contributed by atoms with van der Waals surface area (Å²) in [5, 5.41) is 15.1. The molecule has 0 fully saturated rings. The molecule has 0 aliphatic carbocycles. The minimum Gasteiger partial charge on any atom is -0.504 e. The minimum absolute atomic E-state index is 0.123. The number of benzene rings is 3. The number of hydrogen-bond donors (Lipinski definition) is 2. The van der Waals surface area contributed by atoms with E-state index in [1.807, 2.05) is 55.5 Å². The van der Waals surface area contributed by atoms with E-state index in [1.165, 1.54) is 0 Å². The van der Waals surface area contributed by atoms with Crippen LogP contribution in [-0.2, 0) is 0 Å². The van der Waals surface area contributed by atoms with Crippen LogP contribution in [0.2, 0.25) is 5.02 Å². The summed E-state index contributed by atoms with van der Waals surface area (Å²) in [5.41, 5.74) is 3.85. The van der Waals surface area contributed by atoms with Crippen molar-refractivity contribution in [2.75, 3.05) is 6.61 Å². The van der Waals surface area contributed by atoms with Crippen molar-refractivity contribution in [2.24, 2.45) is 4.99 Å².